The molecule has 0 aromatic heterocycles. The first-order valence-corrected chi connectivity index (χ1v) is 18.5. The smallest absolute Gasteiger partial charge is 1.00 e. The van der Waals surface area contributed by atoms with Crippen molar-refractivity contribution in [1.82, 2.24) is 0 Å². The second-order valence-electron chi connectivity index (χ2n) is 12.8. The number of benzene rings is 3. The SMILES string of the molecule is C=[C]=[Ru+2]([C]1=C(C)C(C)=C(C)C1(C)C)(=[C]1N(c2c(C)cc(C)cc2C)CCN1c1c(C)cc(C)cc1C)[c]1ccccc1.[Cl-].[Cl-]. The summed E-state index contributed by atoms with van der Waals surface area (Å²) in [6.07, 6.45) is 0. The van der Waals surface area contributed by atoms with Gasteiger partial charge in [0.2, 0.25) is 0 Å². The molecular weight excluding hydrogens is 668 g/mol. The molecule has 5 rings (SSSR count). The van der Waals surface area contributed by atoms with E-state index in [1.165, 1.54) is 70.0 Å². The van der Waals surface area contributed by atoms with Crippen molar-refractivity contribution in [3.8, 4) is 0 Å². The van der Waals surface area contributed by atoms with Crippen molar-refractivity contribution in [2.24, 2.45) is 5.41 Å². The Bertz CT molecular complexity index is 1720. The molecule has 0 N–H and O–H groups in total. The van der Waals surface area contributed by atoms with Gasteiger partial charge in [-0.2, -0.15) is 0 Å². The molecule has 2 nitrogen and oxygen atoms in total. The second kappa shape index (κ2) is 13.1. The zero-order chi connectivity index (χ0) is 30.7. The fourth-order valence-corrected chi connectivity index (χ4v) is 16.5. The molecule has 44 heavy (non-hydrogen) atoms. The zero-order valence-electron chi connectivity index (χ0n) is 28.3. The first-order valence-electron chi connectivity index (χ1n) is 15.1. The summed E-state index contributed by atoms with van der Waals surface area (Å²) in [5.74, 6) is 0. The normalized spacial score (nSPS) is 17.4. The van der Waals surface area contributed by atoms with Crippen LogP contribution in [-0.4, -0.2) is 21.7 Å². The van der Waals surface area contributed by atoms with E-state index in [-0.39, 0.29) is 30.2 Å². The van der Waals surface area contributed by atoms with Gasteiger partial charge in [-0.1, -0.05) is 0 Å². The van der Waals surface area contributed by atoms with Gasteiger partial charge in [-0.25, -0.2) is 0 Å². The van der Waals surface area contributed by atoms with Crippen LogP contribution in [-0.2, 0) is 13.9 Å². The second-order valence-corrected chi connectivity index (χ2v) is 18.7. The maximum atomic E-state index is 4.65. The van der Waals surface area contributed by atoms with Crippen LogP contribution in [0.3, 0.4) is 0 Å². The number of anilines is 2. The Morgan fingerprint density at radius 1 is 0.659 bits per heavy atom. The van der Waals surface area contributed by atoms with Crippen LogP contribution < -0.4 is 38.8 Å². The van der Waals surface area contributed by atoms with Gasteiger partial charge in [-0.05, 0) is 0 Å². The molecule has 0 saturated carbocycles. The van der Waals surface area contributed by atoms with E-state index in [0.717, 1.165) is 13.1 Å². The van der Waals surface area contributed by atoms with E-state index in [4.69, 9.17) is 0 Å². The standard InChI is InChI=1S/C21H26N2.C10H15.C6H5.C2H2.2ClH.Ru/c1-14-9-16(3)20(17(4)10-14)22-7-8-23(13-22)21-18(5)11-15(2)12-19(21)6;1-7-6-10(4,5)9(3)8(7)2;1-2-4-6-5-3-1;1-2;;;/h9-12H,7-8H2,1-6H3;1-5H3;1-5H;1H2;2*1H;/q;;;;;;+2/p-2. The van der Waals surface area contributed by atoms with Crippen LogP contribution >= 0.6 is 0 Å². The van der Waals surface area contributed by atoms with E-state index in [0.29, 0.717) is 0 Å². The molecule has 3 aromatic rings. The zero-order valence-corrected chi connectivity index (χ0v) is 31.6. The van der Waals surface area contributed by atoms with E-state index in [2.05, 4.69) is 151 Å². The molecule has 1 atom stereocenters. The molecule has 236 valence electrons. The van der Waals surface area contributed by atoms with Crippen LogP contribution in [0.2, 0.25) is 0 Å². The predicted octanol–water partition coefficient (Wildman–Crippen LogP) is 2.68. The molecule has 1 aliphatic carbocycles. The Hall–Kier alpha value is -2.54. The first-order chi connectivity index (χ1) is 19.8. The van der Waals surface area contributed by atoms with Crippen LogP contribution in [0, 0.1) is 47.0 Å². The van der Waals surface area contributed by atoms with Crippen LogP contribution in [0.4, 0.5) is 11.4 Å². The van der Waals surface area contributed by atoms with Gasteiger partial charge in [0, 0.05) is 0 Å². The van der Waals surface area contributed by atoms with E-state index in [1.54, 1.807) is 4.17 Å². The van der Waals surface area contributed by atoms with Crippen LogP contribution in [0.25, 0.3) is 0 Å². The number of aryl methyl sites for hydroxylation is 6. The van der Waals surface area contributed by atoms with Gasteiger partial charge in [0.1, 0.15) is 0 Å². The van der Waals surface area contributed by atoms with E-state index >= 15 is 0 Å². The van der Waals surface area contributed by atoms with Crippen molar-refractivity contribution in [3.05, 3.63) is 115 Å². The summed E-state index contributed by atoms with van der Waals surface area (Å²) in [5.41, 5.74) is 14.8. The summed E-state index contributed by atoms with van der Waals surface area (Å²) in [6, 6.07) is 20.7. The Labute approximate surface area is 281 Å². The largest absolute Gasteiger partial charge is 1.00 e. The molecule has 1 fully saturated rings. The molecule has 0 amide bonds. The van der Waals surface area contributed by atoms with Gasteiger partial charge in [0.15, 0.2) is 0 Å². The van der Waals surface area contributed by atoms with Crippen molar-refractivity contribution in [1.29, 1.82) is 0 Å². The molecule has 0 spiro atoms. The molecule has 2 aliphatic rings. The third-order valence-corrected chi connectivity index (χ3v) is 17.6. The predicted molar refractivity (Wildman–Crippen MR) is 183 cm³/mol. The average Bonchev–Trinajstić information content (AvgIpc) is 3.39. The van der Waals surface area contributed by atoms with E-state index in [9.17, 15) is 0 Å². The maximum Gasteiger partial charge on any atom is -1.00 e. The molecule has 1 unspecified atom stereocenters. The Balaban J connectivity index is 0.00000264. The topological polar surface area (TPSA) is 6.48 Å². The molecule has 0 bridgehead atoms. The quantitative estimate of drug-likeness (QED) is 0.384. The molecule has 1 aliphatic heterocycles. The number of allylic oxidation sites excluding steroid dienone is 4. The van der Waals surface area contributed by atoms with Gasteiger partial charge in [0.05, 0.1) is 0 Å². The number of hydrogen-bond acceptors (Lipinski definition) is 2. The number of nitrogens with zero attached hydrogens (tertiary/aromatic N) is 2. The monoisotopic (exact) mass is 716 g/mol. The van der Waals surface area contributed by atoms with Crippen molar-refractivity contribution in [3.63, 3.8) is 0 Å². The van der Waals surface area contributed by atoms with Gasteiger partial charge < -0.3 is 24.8 Å². The number of hydrogen-bond donors (Lipinski definition) is 0. The first kappa shape index (κ1) is 35.9. The van der Waals surface area contributed by atoms with Crippen molar-refractivity contribution < 1.29 is 38.7 Å². The molecule has 1 heterocycles. The number of halogens is 2. The summed E-state index contributed by atoms with van der Waals surface area (Å²) in [7, 11) is 0. The van der Waals surface area contributed by atoms with Crippen molar-refractivity contribution in [2.75, 3.05) is 22.9 Å². The summed E-state index contributed by atoms with van der Waals surface area (Å²) in [6.45, 7) is 31.9. The van der Waals surface area contributed by atoms with Gasteiger partial charge >= 0.3 is 258 Å². The average molecular weight is 717 g/mol. The summed E-state index contributed by atoms with van der Waals surface area (Å²) in [4.78, 5) is 5.36. The summed E-state index contributed by atoms with van der Waals surface area (Å²) >= 11 is -3.43. The van der Waals surface area contributed by atoms with Gasteiger partial charge in [-0.15, -0.1) is 0 Å². The summed E-state index contributed by atoms with van der Waals surface area (Å²) < 4.78 is 8.29. The van der Waals surface area contributed by atoms with Crippen molar-refractivity contribution >= 4 is 24.2 Å². The molecular formula is C39H48Cl2N2Ru. The minimum Gasteiger partial charge on any atom is -1.00 e. The Morgan fingerprint density at radius 2 is 1.07 bits per heavy atom. The third-order valence-electron chi connectivity index (χ3n) is 9.43. The Kier molecular flexibility index (Phi) is 10.7. The fraction of sp³-hybridized carbons (Fsp3) is 0.359. The molecule has 0 radical (unpaired) electrons. The Morgan fingerprint density at radius 3 is 1.41 bits per heavy atom. The molecule has 1 saturated heterocycles. The summed E-state index contributed by atoms with van der Waals surface area (Å²) in [5, 5.41) is 0. The third kappa shape index (κ3) is 5.45. The van der Waals surface area contributed by atoms with Crippen LogP contribution in [0.1, 0.15) is 68.0 Å². The van der Waals surface area contributed by atoms with E-state index in [1.807, 2.05) is 0 Å². The molecule has 3 aromatic carbocycles. The number of rotatable bonds is 4. The van der Waals surface area contributed by atoms with Gasteiger partial charge in [0.25, 0.3) is 0 Å². The fourth-order valence-electron chi connectivity index (χ4n) is 7.53. The minimum absolute atomic E-state index is 0. The van der Waals surface area contributed by atoms with Gasteiger partial charge in [-0.3, -0.25) is 0 Å². The van der Waals surface area contributed by atoms with Crippen LogP contribution in [0.5, 0.6) is 0 Å². The van der Waals surface area contributed by atoms with Crippen molar-refractivity contribution in [2.45, 2.75) is 76.2 Å². The van der Waals surface area contributed by atoms with Crippen LogP contribution in [0.15, 0.2) is 82.1 Å². The minimum atomic E-state index is -3.43. The maximum absolute atomic E-state index is 4.65. The van der Waals surface area contributed by atoms with E-state index < -0.39 is 13.9 Å². The molecule has 5 heteroatoms.